The van der Waals surface area contributed by atoms with Gasteiger partial charge in [0.1, 0.15) is 17.1 Å². The van der Waals surface area contributed by atoms with Crippen molar-refractivity contribution in [2.45, 2.75) is 46.3 Å². The van der Waals surface area contributed by atoms with Crippen LogP contribution in [0.1, 0.15) is 59.8 Å². The van der Waals surface area contributed by atoms with E-state index in [9.17, 15) is 9.59 Å². The van der Waals surface area contributed by atoms with Crippen molar-refractivity contribution in [2.75, 3.05) is 26.6 Å². The summed E-state index contributed by atoms with van der Waals surface area (Å²) in [5, 5.41) is 3.83. The third-order valence-electron chi connectivity index (χ3n) is 5.13. The smallest absolute Gasteiger partial charge is 0.355 e. The van der Waals surface area contributed by atoms with Crippen molar-refractivity contribution in [3.63, 3.8) is 0 Å². The number of benzene rings is 1. The summed E-state index contributed by atoms with van der Waals surface area (Å²) in [6.07, 6.45) is 0.411. The average Bonchev–Trinajstić information content (AvgIpc) is 3.18. The standard InChI is InChI=1S/C24H29ClN4O6/c1-8-12-18(21(30)34-7)15(27-19(12)22(31)35-24(2,3)4)11-26-20-13-9-16(32-5)17(33-6)10-14(13)28-23(25)29-20/h9-10,27H,8,11H2,1-7H3,(H,26,28,29). The maximum absolute atomic E-state index is 12.9. The molecular formula is C24H29ClN4O6. The maximum Gasteiger partial charge on any atom is 0.355 e. The van der Waals surface area contributed by atoms with Crippen LogP contribution in [0.4, 0.5) is 5.82 Å². The van der Waals surface area contributed by atoms with Gasteiger partial charge >= 0.3 is 11.9 Å². The molecule has 0 fully saturated rings. The Kier molecular flexibility index (Phi) is 7.74. The van der Waals surface area contributed by atoms with E-state index in [4.69, 9.17) is 30.5 Å². The molecule has 188 valence electrons. The van der Waals surface area contributed by atoms with Gasteiger partial charge in [0.25, 0.3) is 0 Å². The van der Waals surface area contributed by atoms with Crippen molar-refractivity contribution < 1.29 is 28.5 Å². The van der Waals surface area contributed by atoms with E-state index in [0.717, 1.165) is 0 Å². The second-order valence-electron chi connectivity index (χ2n) is 8.60. The molecule has 0 unspecified atom stereocenters. The van der Waals surface area contributed by atoms with Crippen LogP contribution in [0.2, 0.25) is 5.28 Å². The SMILES string of the molecule is CCc1c(C(=O)OC(C)(C)C)[nH]c(CNc2nc(Cl)nc3cc(OC)c(OC)cc23)c1C(=O)OC. The highest BCUT2D eigenvalue weighted by atomic mass is 35.5. The predicted molar refractivity (Wildman–Crippen MR) is 132 cm³/mol. The number of aromatic amines is 1. The minimum absolute atomic E-state index is 0.0237. The van der Waals surface area contributed by atoms with Gasteiger partial charge in [-0.2, -0.15) is 0 Å². The second kappa shape index (κ2) is 10.4. The number of halogens is 1. The summed E-state index contributed by atoms with van der Waals surface area (Å²) in [6, 6.07) is 3.42. The summed E-state index contributed by atoms with van der Waals surface area (Å²) in [5.74, 6) is 0.264. The zero-order chi connectivity index (χ0) is 25.9. The average molecular weight is 505 g/mol. The van der Waals surface area contributed by atoms with Gasteiger partial charge in [0.2, 0.25) is 5.28 Å². The first kappa shape index (κ1) is 26.1. The molecule has 10 nitrogen and oxygen atoms in total. The van der Waals surface area contributed by atoms with E-state index < -0.39 is 17.5 Å². The van der Waals surface area contributed by atoms with Crippen molar-refractivity contribution in [2.24, 2.45) is 0 Å². The van der Waals surface area contributed by atoms with Gasteiger partial charge in [-0.3, -0.25) is 0 Å². The number of carbonyl (C=O) groups excluding carboxylic acids is 2. The van der Waals surface area contributed by atoms with E-state index in [1.54, 1.807) is 32.9 Å². The van der Waals surface area contributed by atoms with Crippen LogP contribution in [-0.4, -0.2) is 53.8 Å². The Morgan fingerprint density at radius 2 is 1.71 bits per heavy atom. The lowest BCUT2D eigenvalue weighted by atomic mass is 10.1. The fourth-order valence-electron chi connectivity index (χ4n) is 3.67. The Balaban J connectivity index is 2.06. The van der Waals surface area contributed by atoms with Crippen molar-refractivity contribution in [3.05, 3.63) is 39.9 Å². The third-order valence-corrected chi connectivity index (χ3v) is 5.30. The number of nitrogens with zero attached hydrogens (tertiary/aromatic N) is 2. The highest BCUT2D eigenvalue weighted by molar-refractivity contribution is 6.28. The lowest BCUT2D eigenvalue weighted by Gasteiger charge is -2.19. The molecule has 3 aromatic rings. The van der Waals surface area contributed by atoms with E-state index in [1.165, 1.54) is 21.3 Å². The lowest BCUT2D eigenvalue weighted by molar-refractivity contribution is 0.00622. The summed E-state index contributed by atoms with van der Waals surface area (Å²) < 4.78 is 21.3. The van der Waals surface area contributed by atoms with Gasteiger partial charge in [-0.1, -0.05) is 6.92 Å². The fourth-order valence-corrected chi connectivity index (χ4v) is 3.84. The van der Waals surface area contributed by atoms with E-state index in [0.29, 0.717) is 45.9 Å². The van der Waals surface area contributed by atoms with Crippen LogP contribution < -0.4 is 14.8 Å². The normalized spacial score (nSPS) is 11.3. The van der Waals surface area contributed by atoms with Gasteiger partial charge in [-0.05, 0) is 50.4 Å². The molecule has 2 heterocycles. The number of aromatic nitrogens is 3. The number of esters is 2. The van der Waals surface area contributed by atoms with Crippen LogP contribution in [-0.2, 0) is 22.4 Å². The number of H-pyrrole nitrogens is 1. The molecule has 0 radical (unpaired) electrons. The molecule has 0 spiro atoms. The molecule has 11 heteroatoms. The Morgan fingerprint density at radius 1 is 1.06 bits per heavy atom. The summed E-state index contributed by atoms with van der Waals surface area (Å²) in [6.45, 7) is 7.28. The zero-order valence-electron chi connectivity index (χ0n) is 20.8. The fraction of sp³-hybridized carbons (Fsp3) is 0.417. The molecule has 0 aliphatic carbocycles. The minimum Gasteiger partial charge on any atom is -0.493 e. The van der Waals surface area contributed by atoms with Gasteiger partial charge in [0.15, 0.2) is 11.5 Å². The quantitative estimate of drug-likeness (QED) is 0.335. The summed E-state index contributed by atoms with van der Waals surface area (Å²) in [5.41, 5.74) is 1.27. The third kappa shape index (κ3) is 5.59. The van der Waals surface area contributed by atoms with Crippen molar-refractivity contribution in [3.8, 4) is 11.5 Å². The molecule has 3 rings (SSSR count). The van der Waals surface area contributed by atoms with E-state index in [-0.39, 0.29) is 23.1 Å². The number of ether oxygens (including phenoxy) is 4. The first-order valence-corrected chi connectivity index (χ1v) is 11.3. The van der Waals surface area contributed by atoms with Gasteiger partial charge in [0.05, 0.1) is 39.0 Å². The number of nitrogens with one attached hydrogen (secondary N) is 2. The summed E-state index contributed by atoms with van der Waals surface area (Å²) >= 11 is 6.16. The molecule has 0 atom stereocenters. The number of methoxy groups -OCH3 is 3. The number of anilines is 1. The van der Waals surface area contributed by atoms with Crippen molar-refractivity contribution in [1.82, 2.24) is 15.0 Å². The van der Waals surface area contributed by atoms with Crippen LogP contribution in [0, 0.1) is 0 Å². The highest BCUT2D eigenvalue weighted by Gasteiger charge is 2.29. The van der Waals surface area contributed by atoms with Crippen molar-refractivity contribution >= 4 is 40.3 Å². The summed E-state index contributed by atoms with van der Waals surface area (Å²) in [7, 11) is 4.34. The Bertz CT molecular complexity index is 1270. The molecule has 0 saturated carbocycles. The Labute approximate surface area is 208 Å². The van der Waals surface area contributed by atoms with Crippen LogP contribution in [0.3, 0.4) is 0 Å². The number of hydrogen-bond donors (Lipinski definition) is 2. The highest BCUT2D eigenvalue weighted by Crippen LogP contribution is 2.35. The molecule has 2 N–H and O–H groups in total. The summed E-state index contributed by atoms with van der Waals surface area (Å²) in [4.78, 5) is 37.1. The number of fused-ring (bicyclic) bond motifs is 1. The molecular weight excluding hydrogens is 476 g/mol. The zero-order valence-corrected chi connectivity index (χ0v) is 21.5. The molecule has 35 heavy (non-hydrogen) atoms. The van der Waals surface area contributed by atoms with Gasteiger partial charge < -0.3 is 29.2 Å². The molecule has 0 aliphatic heterocycles. The lowest BCUT2D eigenvalue weighted by Crippen LogP contribution is -2.24. The van der Waals surface area contributed by atoms with Crippen LogP contribution in [0.15, 0.2) is 12.1 Å². The number of rotatable bonds is 8. The first-order valence-electron chi connectivity index (χ1n) is 10.9. The van der Waals surface area contributed by atoms with Crippen molar-refractivity contribution in [1.29, 1.82) is 0 Å². The maximum atomic E-state index is 12.9. The number of carbonyl (C=O) groups is 2. The largest absolute Gasteiger partial charge is 0.493 e. The van der Waals surface area contributed by atoms with E-state index >= 15 is 0 Å². The Morgan fingerprint density at radius 3 is 2.29 bits per heavy atom. The molecule has 2 aromatic heterocycles. The minimum atomic E-state index is -0.701. The predicted octanol–water partition coefficient (Wildman–Crippen LogP) is 4.54. The molecule has 0 amide bonds. The number of hydrogen-bond acceptors (Lipinski definition) is 9. The van der Waals surface area contributed by atoms with Gasteiger partial charge in [-0.15, -0.1) is 0 Å². The molecule has 1 aromatic carbocycles. The monoisotopic (exact) mass is 504 g/mol. The molecule has 0 aliphatic rings. The Hall–Kier alpha value is -3.53. The molecule has 0 bridgehead atoms. The second-order valence-corrected chi connectivity index (χ2v) is 8.94. The van der Waals surface area contributed by atoms with Crippen LogP contribution in [0.25, 0.3) is 10.9 Å². The van der Waals surface area contributed by atoms with Gasteiger partial charge in [-0.25, -0.2) is 19.6 Å². The van der Waals surface area contributed by atoms with Crippen LogP contribution in [0.5, 0.6) is 11.5 Å². The molecule has 0 saturated heterocycles. The van der Waals surface area contributed by atoms with E-state index in [2.05, 4.69) is 20.3 Å². The first-order chi connectivity index (χ1) is 16.5. The van der Waals surface area contributed by atoms with Gasteiger partial charge in [0, 0.05) is 17.1 Å². The van der Waals surface area contributed by atoms with E-state index in [1.807, 2.05) is 6.92 Å². The topological polar surface area (TPSA) is 125 Å². The van der Waals surface area contributed by atoms with Crippen LogP contribution >= 0.6 is 11.6 Å².